The molecule has 0 bridgehead atoms. The molecule has 0 saturated heterocycles. The van der Waals surface area contributed by atoms with E-state index in [4.69, 9.17) is 21.1 Å². The van der Waals surface area contributed by atoms with E-state index >= 15 is 0 Å². The summed E-state index contributed by atoms with van der Waals surface area (Å²) in [6.45, 7) is 2.69. The maximum absolute atomic E-state index is 12.4. The van der Waals surface area contributed by atoms with Gasteiger partial charge in [-0.1, -0.05) is 11.6 Å². The van der Waals surface area contributed by atoms with Gasteiger partial charge >= 0.3 is 0 Å². The molecule has 29 heavy (non-hydrogen) atoms. The summed E-state index contributed by atoms with van der Waals surface area (Å²) in [6.07, 6.45) is 0. The number of rotatable bonds is 8. The van der Waals surface area contributed by atoms with Crippen molar-refractivity contribution in [1.29, 1.82) is 0 Å². The van der Waals surface area contributed by atoms with Crippen LogP contribution in [0.2, 0.25) is 5.02 Å². The van der Waals surface area contributed by atoms with E-state index < -0.39 is 0 Å². The molecular formula is C20H23ClN4O3S. The van der Waals surface area contributed by atoms with Crippen molar-refractivity contribution >= 4 is 46.0 Å². The molecule has 1 heterocycles. The van der Waals surface area contributed by atoms with Gasteiger partial charge in [0.15, 0.2) is 0 Å². The van der Waals surface area contributed by atoms with Crippen LogP contribution in [0.3, 0.4) is 0 Å². The molecule has 0 aliphatic carbocycles. The van der Waals surface area contributed by atoms with E-state index in [1.165, 1.54) is 11.9 Å². The Morgan fingerprint density at radius 2 is 2.10 bits per heavy atom. The van der Waals surface area contributed by atoms with Gasteiger partial charge in [-0.15, -0.1) is 0 Å². The molecule has 2 N–H and O–H groups in total. The summed E-state index contributed by atoms with van der Waals surface area (Å²) >= 11 is 7.58. The number of benzene rings is 2. The molecule has 0 spiro atoms. The highest BCUT2D eigenvalue weighted by atomic mass is 35.5. The lowest BCUT2D eigenvalue weighted by molar-refractivity contribution is -0.116. The number of carbonyl (C=O) groups is 1. The van der Waals surface area contributed by atoms with Gasteiger partial charge in [-0.2, -0.15) is 5.10 Å². The van der Waals surface area contributed by atoms with Gasteiger partial charge in [0, 0.05) is 18.2 Å². The number of H-pyrrole nitrogens is 1. The van der Waals surface area contributed by atoms with E-state index in [9.17, 15) is 4.79 Å². The normalized spacial score (nSPS) is 11.2. The molecule has 154 valence electrons. The first-order valence-corrected chi connectivity index (χ1v) is 10.1. The molecule has 0 aliphatic heterocycles. The molecular weight excluding hydrogens is 412 g/mol. The highest BCUT2D eigenvalue weighted by molar-refractivity contribution is 7.97. The van der Waals surface area contributed by atoms with Crippen molar-refractivity contribution in [1.82, 2.24) is 14.5 Å². The topological polar surface area (TPSA) is 79.5 Å². The molecule has 1 aromatic heterocycles. The molecule has 2 aromatic carbocycles. The summed E-state index contributed by atoms with van der Waals surface area (Å²) in [7, 11) is 5.06. The van der Waals surface area contributed by atoms with Crippen LogP contribution >= 0.6 is 23.5 Å². The van der Waals surface area contributed by atoms with Crippen LogP contribution in [0.15, 0.2) is 35.2 Å². The van der Waals surface area contributed by atoms with Crippen LogP contribution in [-0.2, 0) is 16.1 Å². The fraction of sp³-hybridized carbons (Fsp3) is 0.300. The molecule has 9 heteroatoms. The van der Waals surface area contributed by atoms with Gasteiger partial charge in [-0.05, 0) is 61.8 Å². The second kappa shape index (κ2) is 9.49. The standard InChI is InChI=1S/C20H23ClN4O3S/c1-12-7-14-16(11-27-3)23-24-20(14)18(8-12)29-25(2)10-19(26)22-13-5-6-17(28-4)15(21)9-13/h5-9H,10-11H2,1-4H3,(H,22,26)(H,23,24). The minimum Gasteiger partial charge on any atom is -0.495 e. The molecule has 0 fully saturated rings. The van der Waals surface area contributed by atoms with E-state index in [1.54, 1.807) is 32.4 Å². The Morgan fingerprint density at radius 3 is 2.79 bits per heavy atom. The Morgan fingerprint density at radius 1 is 1.31 bits per heavy atom. The SMILES string of the molecule is COCc1[nH]nc2c(SN(C)CC(=O)Nc3ccc(OC)c(Cl)c3)cc(C)cc12. The quantitative estimate of drug-likeness (QED) is 0.516. The van der Waals surface area contributed by atoms with E-state index in [2.05, 4.69) is 27.6 Å². The lowest BCUT2D eigenvalue weighted by atomic mass is 10.1. The third kappa shape index (κ3) is 5.22. The Bertz CT molecular complexity index is 1020. The molecule has 1 amide bonds. The van der Waals surface area contributed by atoms with Crippen molar-refractivity contribution in [2.75, 3.05) is 33.1 Å². The van der Waals surface area contributed by atoms with Gasteiger partial charge in [-0.3, -0.25) is 9.89 Å². The van der Waals surface area contributed by atoms with Crippen LogP contribution in [0.1, 0.15) is 11.3 Å². The number of hydrogen-bond acceptors (Lipinski definition) is 6. The highest BCUT2D eigenvalue weighted by Gasteiger charge is 2.15. The summed E-state index contributed by atoms with van der Waals surface area (Å²) in [6, 6.07) is 9.27. The van der Waals surface area contributed by atoms with Crippen molar-refractivity contribution in [2.24, 2.45) is 0 Å². The Hall–Kier alpha value is -2.26. The number of aromatic amines is 1. The molecule has 0 radical (unpaired) electrons. The zero-order valence-electron chi connectivity index (χ0n) is 16.7. The Kier molecular flexibility index (Phi) is 7.02. The average molecular weight is 435 g/mol. The maximum atomic E-state index is 12.4. The van der Waals surface area contributed by atoms with Crippen LogP contribution in [0.5, 0.6) is 5.75 Å². The van der Waals surface area contributed by atoms with E-state index in [0.29, 0.717) is 23.1 Å². The Labute approximate surface area is 178 Å². The molecule has 3 rings (SSSR count). The van der Waals surface area contributed by atoms with Gasteiger partial charge < -0.3 is 14.8 Å². The van der Waals surface area contributed by atoms with E-state index in [1.807, 2.05) is 18.3 Å². The van der Waals surface area contributed by atoms with Crippen LogP contribution in [0, 0.1) is 6.92 Å². The minimum atomic E-state index is -0.146. The predicted molar refractivity (Wildman–Crippen MR) is 117 cm³/mol. The first-order chi connectivity index (χ1) is 13.9. The van der Waals surface area contributed by atoms with Crippen LogP contribution in [0.4, 0.5) is 5.69 Å². The zero-order valence-corrected chi connectivity index (χ0v) is 18.3. The molecule has 0 unspecified atom stereocenters. The third-order valence-electron chi connectivity index (χ3n) is 4.19. The van der Waals surface area contributed by atoms with Gasteiger partial charge in [0.25, 0.3) is 0 Å². The smallest absolute Gasteiger partial charge is 0.239 e. The molecule has 0 aliphatic rings. The summed E-state index contributed by atoms with van der Waals surface area (Å²) in [5.74, 6) is 0.417. The molecule has 3 aromatic rings. The number of nitrogens with zero attached hydrogens (tertiary/aromatic N) is 2. The van der Waals surface area contributed by atoms with Crippen molar-refractivity contribution in [3.05, 3.63) is 46.6 Å². The van der Waals surface area contributed by atoms with Gasteiger partial charge in [0.1, 0.15) is 11.3 Å². The first kappa shape index (κ1) is 21.4. The predicted octanol–water partition coefficient (Wildman–Crippen LogP) is 4.26. The summed E-state index contributed by atoms with van der Waals surface area (Å²) in [5.41, 5.74) is 3.53. The third-order valence-corrected chi connectivity index (χ3v) is 5.44. The van der Waals surface area contributed by atoms with Gasteiger partial charge in [-0.25, -0.2) is 4.31 Å². The van der Waals surface area contributed by atoms with E-state index in [0.717, 1.165) is 27.1 Å². The van der Waals surface area contributed by atoms with E-state index in [-0.39, 0.29) is 12.5 Å². The molecule has 0 atom stereocenters. The zero-order chi connectivity index (χ0) is 21.0. The summed E-state index contributed by atoms with van der Waals surface area (Å²) < 4.78 is 12.2. The monoisotopic (exact) mass is 434 g/mol. The highest BCUT2D eigenvalue weighted by Crippen LogP contribution is 2.32. The molecule has 7 nitrogen and oxygen atoms in total. The number of aryl methyl sites for hydroxylation is 1. The van der Waals surface area contributed by atoms with Crippen molar-refractivity contribution < 1.29 is 14.3 Å². The van der Waals surface area contributed by atoms with Crippen molar-refractivity contribution in [3.8, 4) is 5.75 Å². The molecule has 0 saturated carbocycles. The van der Waals surface area contributed by atoms with Crippen LogP contribution in [0.25, 0.3) is 10.9 Å². The fourth-order valence-electron chi connectivity index (χ4n) is 2.95. The van der Waals surface area contributed by atoms with Crippen molar-refractivity contribution in [2.45, 2.75) is 18.4 Å². The second-order valence-electron chi connectivity index (χ2n) is 6.57. The number of amides is 1. The first-order valence-electron chi connectivity index (χ1n) is 8.90. The number of likely N-dealkylation sites (N-methyl/N-ethyl adjacent to an activating group) is 1. The number of aromatic nitrogens is 2. The summed E-state index contributed by atoms with van der Waals surface area (Å²) in [5, 5.41) is 11.8. The van der Waals surface area contributed by atoms with Crippen LogP contribution < -0.4 is 10.1 Å². The number of hydrogen-bond donors (Lipinski definition) is 2. The largest absolute Gasteiger partial charge is 0.495 e. The average Bonchev–Trinajstić information content (AvgIpc) is 3.05. The number of anilines is 1. The lowest BCUT2D eigenvalue weighted by Gasteiger charge is -2.16. The maximum Gasteiger partial charge on any atom is 0.239 e. The summed E-state index contributed by atoms with van der Waals surface area (Å²) in [4.78, 5) is 13.4. The fourth-order valence-corrected chi connectivity index (χ4v) is 4.20. The van der Waals surface area contributed by atoms with Crippen LogP contribution in [-0.4, -0.2) is 48.2 Å². The lowest BCUT2D eigenvalue weighted by Crippen LogP contribution is -2.25. The van der Waals surface area contributed by atoms with Crippen molar-refractivity contribution in [3.63, 3.8) is 0 Å². The number of ether oxygens (including phenoxy) is 2. The second-order valence-corrected chi connectivity index (χ2v) is 8.22. The van der Waals surface area contributed by atoms with Gasteiger partial charge in [0.05, 0.1) is 35.9 Å². The number of fused-ring (bicyclic) bond motifs is 1. The Balaban J connectivity index is 1.68. The van der Waals surface area contributed by atoms with Gasteiger partial charge in [0.2, 0.25) is 5.91 Å². The number of methoxy groups -OCH3 is 2. The number of carbonyl (C=O) groups excluding carboxylic acids is 1. The number of nitrogens with one attached hydrogen (secondary N) is 2. The number of halogens is 1. The minimum absolute atomic E-state index is 0.146.